The summed E-state index contributed by atoms with van der Waals surface area (Å²) in [5.41, 5.74) is 3.76. The molecule has 1 aliphatic heterocycles. The summed E-state index contributed by atoms with van der Waals surface area (Å²) in [5, 5.41) is 17.0. The SMILES string of the molecule is COc1cncc(C(C)Oc2cc(/C(=N/N)C(C)=NC3CCNCC3)cc3ncc(C#N)n23)c1. The van der Waals surface area contributed by atoms with E-state index in [0.29, 0.717) is 34.2 Å². The summed E-state index contributed by atoms with van der Waals surface area (Å²) in [6.07, 6.45) is 6.43. The number of nitriles is 1. The highest BCUT2D eigenvalue weighted by molar-refractivity contribution is 6.47. The molecule has 1 unspecified atom stereocenters. The van der Waals surface area contributed by atoms with Crippen molar-refractivity contribution in [2.24, 2.45) is 15.9 Å². The van der Waals surface area contributed by atoms with Gasteiger partial charge in [0.2, 0.25) is 5.88 Å². The zero-order valence-corrected chi connectivity index (χ0v) is 19.5. The number of hydrazone groups is 1. The number of nitrogens with two attached hydrogens (primary N) is 1. The predicted molar refractivity (Wildman–Crippen MR) is 129 cm³/mol. The first kappa shape index (κ1) is 23.2. The molecule has 4 heterocycles. The highest BCUT2D eigenvalue weighted by Crippen LogP contribution is 2.27. The molecule has 1 aliphatic rings. The molecule has 0 aliphatic carbocycles. The second kappa shape index (κ2) is 10.3. The molecule has 1 fully saturated rings. The molecular weight excluding hydrogens is 432 g/mol. The molecule has 0 spiro atoms. The molecule has 0 bridgehead atoms. The van der Waals surface area contributed by atoms with Gasteiger partial charge in [-0.1, -0.05) is 0 Å². The fourth-order valence-electron chi connectivity index (χ4n) is 4.05. The maximum absolute atomic E-state index is 9.60. The molecule has 10 nitrogen and oxygen atoms in total. The molecule has 0 saturated carbocycles. The first-order chi connectivity index (χ1) is 16.5. The van der Waals surface area contributed by atoms with Crippen LogP contribution in [0.2, 0.25) is 0 Å². The summed E-state index contributed by atoms with van der Waals surface area (Å²) in [5.74, 6) is 6.88. The maximum atomic E-state index is 9.60. The lowest BCUT2D eigenvalue weighted by atomic mass is 10.0. The highest BCUT2D eigenvalue weighted by Gasteiger charge is 2.20. The first-order valence-electron chi connectivity index (χ1n) is 11.1. The third-order valence-electron chi connectivity index (χ3n) is 5.85. The normalized spacial score (nSPS) is 16.3. The molecule has 1 saturated heterocycles. The van der Waals surface area contributed by atoms with Crippen LogP contribution in [0.25, 0.3) is 5.65 Å². The van der Waals surface area contributed by atoms with E-state index in [0.717, 1.165) is 37.2 Å². The summed E-state index contributed by atoms with van der Waals surface area (Å²) in [4.78, 5) is 13.5. The fourth-order valence-corrected chi connectivity index (χ4v) is 4.05. The number of fused-ring (bicyclic) bond motifs is 1. The number of aliphatic imine (C=N–C) groups is 1. The van der Waals surface area contributed by atoms with E-state index < -0.39 is 0 Å². The van der Waals surface area contributed by atoms with Gasteiger partial charge in [-0.3, -0.25) is 14.4 Å². The quantitative estimate of drug-likeness (QED) is 0.314. The molecule has 1 atom stereocenters. The molecular formula is C24H28N8O2. The van der Waals surface area contributed by atoms with Gasteiger partial charge in [0.05, 0.1) is 31.3 Å². The molecule has 0 amide bonds. The van der Waals surface area contributed by atoms with Crippen molar-refractivity contribution in [1.82, 2.24) is 19.7 Å². The Morgan fingerprint density at radius 3 is 2.76 bits per heavy atom. The smallest absolute Gasteiger partial charge is 0.201 e. The van der Waals surface area contributed by atoms with Crippen LogP contribution in [0.1, 0.15) is 49.6 Å². The van der Waals surface area contributed by atoms with E-state index >= 15 is 0 Å². The minimum atomic E-state index is -0.377. The van der Waals surface area contributed by atoms with Crippen LogP contribution in [0.5, 0.6) is 11.6 Å². The van der Waals surface area contributed by atoms with E-state index in [9.17, 15) is 5.26 Å². The number of methoxy groups -OCH3 is 1. The summed E-state index contributed by atoms with van der Waals surface area (Å²) in [7, 11) is 1.59. The Labute approximate surface area is 198 Å². The van der Waals surface area contributed by atoms with Crippen LogP contribution in [-0.4, -0.2) is 52.0 Å². The molecule has 3 aromatic heterocycles. The van der Waals surface area contributed by atoms with Crippen LogP contribution in [0, 0.1) is 11.3 Å². The molecule has 4 rings (SSSR count). The number of pyridine rings is 2. The number of hydrogen-bond acceptors (Lipinski definition) is 9. The number of nitrogens with zero attached hydrogens (tertiary/aromatic N) is 6. The van der Waals surface area contributed by atoms with Crippen molar-refractivity contribution in [3.8, 4) is 17.7 Å². The third kappa shape index (κ3) is 4.84. The van der Waals surface area contributed by atoms with Crippen molar-refractivity contribution >= 4 is 17.1 Å². The number of nitrogens with one attached hydrogen (secondary N) is 1. The van der Waals surface area contributed by atoms with E-state index in [1.165, 1.54) is 6.20 Å². The monoisotopic (exact) mass is 460 g/mol. The van der Waals surface area contributed by atoms with Crippen LogP contribution in [-0.2, 0) is 0 Å². The first-order valence-corrected chi connectivity index (χ1v) is 11.1. The van der Waals surface area contributed by atoms with E-state index in [2.05, 4.69) is 26.5 Å². The zero-order chi connectivity index (χ0) is 24.1. The number of ether oxygens (including phenoxy) is 2. The fraction of sp³-hybridized carbons (Fsp3) is 0.375. The number of aromatic nitrogens is 3. The molecule has 10 heteroatoms. The third-order valence-corrected chi connectivity index (χ3v) is 5.85. The Morgan fingerprint density at radius 2 is 2.06 bits per heavy atom. The van der Waals surface area contributed by atoms with Gasteiger partial charge in [0.1, 0.15) is 35.0 Å². The van der Waals surface area contributed by atoms with Crippen LogP contribution in [0.3, 0.4) is 0 Å². The van der Waals surface area contributed by atoms with Crippen molar-refractivity contribution < 1.29 is 9.47 Å². The summed E-state index contributed by atoms with van der Waals surface area (Å²) in [6, 6.07) is 7.90. The van der Waals surface area contributed by atoms with Gasteiger partial charge < -0.3 is 20.6 Å². The van der Waals surface area contributed by atoms with Gasteiger partial charge >= 0.3 is 0 Å². The lowest BCUT2D eigenvalue weighted by Crippen LogP contribution is -2.31. The summed E-state index contributed by atoms with van der Waals surface area (Å²) in [6.45, 7) is 5.71. The van der Waals surface area contributed by atoms with Crippen molar-refractivity contribution in [2.75, 3.05) is 20.2 Å². The molecule has 3 aromatic rings. The lowest BCUT2D eigenvalue weighted by Gasteiger charge is -2.20. The van der Waals surface area contributed by atoms with E-state index in [1.807, 2.05) is 32.0 Å². The predicted octanol–water partition coefficient (Wildman–Crippen LogP) is 2.63. The molecule has 0 aromatic carbocycles. The van der Waals surface area contributed by atoms with Gasteiger partial charge in [-0.05, 0) is 51.9 Å². The Hall–Kier alpha value is -3.97. The number of imidazole rings is 1. The second-order valence-electron chi connectivity index (χ2n) is 8.12. The summed E-state index contributed by atoms with van der Waals surface area (Å²) < 4.78 is 13.3. The Bertz CT molecular complexity index is 1270. The van der Waals surface area contributed by atoms with Crippen LogP contribution < -0.4 is 20.6 Å². The van der Waals surface area contributed by atoms with Crippen LogP contribution in [0.4, 0.5) is 0 Å². The van der Waals surface area contributed by atoms with Gasteiger partial charge in [-0.2, -0.15) is 10.4 Å². The average molecular weight is 461 g/mol. The van der Waals surface area contributed by atoms with E-state index in [4.69, 9.17) is 20.3 Å². The second-order valence-corrected chi connectivity index (χ2v) is 8.12. The Kier molecular flexibility index (Phi) is 7.04. The van der Waals surface area contributed by atoms with Crippen LogP contribution in [0.15, 0.2) is 46.9 Å². The molecule has 3 N–H and O–H groups in total. The standard InChI is InChI=1S/C24H28N8O2/c1-15(30-19-4-6-27-7-5-19)24(31-26)17-9-22-29-13-20(11-25)32(22)23(10-17)34-16(2)18-8-21(33-3)14-28-12-18/h8-10,12-14,16,19,27H,4-7,26H2,1-3H3/b30-15?,31-24+. The van der Waals surface area contributed by atoms with Crippen molar-refractivity contribution in [3.63, 3.8) is 0 Å². The Morgan fingerprint density at radius 1 is 1.26 bits per heavy atom. The minimum Gasteiger partial charge on any atom is -0.495 e. The molecule has 34 heavy (non-hydrogen) atoms. The lowest BCUT2D eigenvalue weighted by molar-refractivity contribution is 0.213. The topological polar surface area (TPSA) is 135 Å². The van der Waals surface area contributed by atoms with Gasteiger partial charge in [-0.25, -0.2) is 4.98 Å². The van der Waals surface area contributed by atoms with E-state index in [-0.39, 0.29) is 12.1 Å². The number of rotatable bonds is 7. The van der Waals surface area contributed by atoms with Gasteiger partial charge in [0, 0.05) is 23.4 Å². The largest absolute Gasteiger partial charge is 0.495 e. The maximum Gasteiger partial charge on any atom is 0.201 e. The Balaban J connectivity index is 1.73. The van der Waals surface area contributed by atoms with Gasteiger partial charge in [-0.15, -0.1) is 0 Å². The molecule has 0 radical (unpaired) electrons. The number of piperidine rings is 1. The average Bonchev–Trinajstić information content (AvgIpc) is 3.28. The minimum absolute atomic E-state index is 0.231. The van der Waals surface area contributed by atoms with Gasteiger partial charge in [0.15, 0.2) is 0 Å². The summed E-state index contributed by atoms with van der Waals surface area (Å²) >= 11 is 0. The van der Waals surface area contributed by atoms with Gasteiger partial charge in [0.25, 0.3) is 0 Å². The molecule has 176 valence electrons. The highest BCUT2D eigenvalue weighted by atomic mass is 16.5. The van der Waals surface area contributed by atoms with Crippen molar-refractivity contribution in [3.05, 3.63) is 53.6 Å². The number of hydrogen-bond donors (Lipinski definition) is 2. The van der Waals surface area contributed by atoms with Crippen LogP contribution >= 0.6 is 0 Å². The zero-order valence-electron chi connectivity index (χ0n) is 19.5. The van der Waals surface area contributed by atoms with Crippen molar-refractivity contribution in [2.45, 2.75) is 38.8 Å². The van der Waals surface area contributed by atoms with Crippen molar-refractivity contribution in [1.29, 1.82) is 5.26 Å². The van der Waals surface area contributed by atoms with E-state index in [1.54, 1.807) is 23.9 Å².